The van der Waals surface area contributed by atoms with E-state index in [4.69, 9.17) is 5.73 Å². The highest BCUT2D eigenvalue weighted by Gasteiger charge is 1.91. The van der Waals surface area contributed by atoms with Gasteiger partial charge in [0.25, 0.3) is 0 Å². The van der Waals surface area contributed by atoms with E-state index < -0.39 is 0 Å². The fraction of sp³-hybridized carbons (Fsp3) is 0.500. The van der Waals surface area contributed by atoms with E-state index in [0.717, 1.165) is 6.54 Å². The van der Waals surface area contributed by atoms with Crippen LogP contribution in [-0.2, 0) is 6.54 Å². The molecule has 0 amide bonds. The van der Waals surface area contributed by atoms with Gasteiger partial charge in [0.2, 0.25) is 0 Å². The van der Waals surface area contributed by atoms with Gasteiger partial charge in [-0.3, -0.25) is 9.67 Å². The third-order valence-electron chi connectivity index (χ3n) is 1.45. The average Bonchev–Trinajstić information content (AvgIpc) is 2.35. The predicted octanol–water partition coefficient (Wildman–Crippen LogP) is 0.569. The molecule has 66 valence electrons. The number of rotatable bonds is 3. The lowest BCUT2D eigenvalue weighted by atomic mass is 10.4. The molecule has 4 nitrogen and oxygen atoms in total. The molecule has 0 radical (unpaired) electrons. The molecule has 0 aliphatic carbocycles. The first kappa shape index (κ1) is 8.77. The van der Waals surface area contributed by atoms with Gasteiger partial charge >= 0.3 is 0 Å². The molecular weight excluding hydrogens is 152 g/mol. The van der Waals surface area contributed by atoms with Gasteiger partial charge in [-0.05, 0) is 19.4 Å². The molecule has 0 bridgehead atoms. The van der Waals surface area contributed by atoms with Crippen LogP contribution < -0.4 is 5.73 Å². The second-order valence-electron chi connectivity index (χ2n) is 2.80. The highest BCUT2D eigenvalue weighted by atomic mass is 15.3. The van der Waals surface area contributed by atoms with E-state index in [-0.39, 0.29) is 0 Å². The monoisotopic (exact) mass is 166 g/mol. The summed E-state index contributed by atoms with van der Waals surface area (Å²) < 4.78 is 1.86. The topological polar surface area (TPSA) is 56.2 Å². The first-order valence-corrected chi connectivity index (χ1v) is 3.94. The van der Waals surface area contributed by atoms with Crippen LogP contribution in [0.15, 0.2) is 17.4 Å². The minimum atomic E-state index is 0.624. The van der Waals surface area contributed by atoms with Gasteiger partial charge < -0.3 is 5.73 Å². The zero-order chi connectivity index (χ0) is 8.97. The Bertz CT molecular complexity index is 270. The van der Waals surface area contributed by atoms with Crippen molar-refractivity contribution in [3.63, 3.8) is 0 Å². The van der Waals surface area contributed by atoms with Gasteiger partial charge in [0.05, 0.1) is 25.1 Å². The van der Waals surface area contributed by atoms with Crippen LogP contribution in [0.2, 0.25) is 0 Å². The number of hydrogen-bond acceptors (Lipinski definition) is 2. The van der Waals surface area contributed by atoms with E-state index in [2.05, 4.69) is 10.1 Å². The molecule has 4 heteroatoms. The minimum absolute atomic E-state index is 0.624. The molecule has 0 aliphatic heterocycles. The molecule has 1 heterocycles. The molecule has 1 aromatic rings. The van der Waals surface area contributed by atoms with E-state index in [1.54, 1.807) is 6.92 Å². The van der Waals surface area contributed by atoms with E-state index in [1.807, 2.05) is 24.0 Å². The summed E-state index contributed by atoms with van der Waals surface area (Å²) in [5.74, 6) is 0.624. The first-order chi connectivity index (χ1) is 5.68. The summed E-state index contributed by atoms with van der Waals surface area (Å²) in [5.41, 5.74) is 6.55. The molecular formula is C8H14N4. The number of hydrogen-bond donors (Lipinski definition) is 1. The SMILES string of the molecule is CC(N)=NCCn1cc(C)cn1. The molecule has 1 aromatic heterocycles. The van der Waals surface area contributed by atoms with E-state index in [9.17, 15) is 0 Å². The van der Waals surface area contributed by atoms with Crippen molar-refractivity contribution < 1.29 is 0 Å². The smallest absolute Gasteiger partial charge is 0.0906 e. The van der Waals surface area contributed by atoms with Gasteiger partial charge in [-0.15, -0.1) is 0 Å². The lowest BCUT2D eigenvalue weighted by Crippen LogP contribution is -2.09. The van der Waals surface area contributed by atoms with Crippen molar-refractivity contribution in [2.24, 2.45) is 10.7 Å². The predicted molar refractivity (Wildman–Crippen MR) is 49.1 cm³/mol. The Hall–Kier alpha value is -1.32. The van der Waals surface area contributed by atoms with Crippen LogP contribution in [0.1, 0.15) is 12.5 Å². The second-order valence-corrected chi connectivity index (χ2v) is 2.80. The van der Waals surface area contributed by atoms with E-state index in [0.29, 0.717) is 12.4 Å². The lowest BCUT2D eigenvalue weighted by Gasteiger charge is -1.96. The molecule has 0 saturated carbocycles. The highest BCUT2D eigenvalue weighted by Crippen LogP contribution is 1.93. The van der Waals surface area contributed by atoms with Crippen LogP contribution >= 0.6 is 0 Å². The number of nitrogens with zero attached hydrogens (tertiary/aromatic N) is 3. The number of aryl methyl sites for hydroxylation is 1. The second kappa shape index (κ2) is 3.90. The summed E-state index contributed by atoms with van der Waals surface area (Å²) in [4.78, 5) is 4.06. The molecule has 0 fully saturated rings. The van der Waals surface area contributed by atoms with Crippen LogP contribution in [0.5, 0.6) is 0 Å². The molecule has 1 rings (SSSR count). The maximum atomic E-state index is 5.38. The minimum Gasteiger partial charge on any atom is -0.388 e. The van der Waals surface area contributed by atoms with Gasteiger partial charge in [-0.25, -0.2) is 0 Å². The fourth-order valence-electron chi connectivity index (χ4n) is 0.918. The number of aromatic nitrogens is 2. The fourth-order valence-corrected chi connectivity index (χ4v) is 0.918. The van der Waals surface area contributed by atoms with E-state index in [1.165, 1.54) is 5.56 Å². The van der Waals surface area contributed by atoms with Crippen LogP contribution in [0.25, 0.3) is 0 Å². The van der Waals surface area contributed by atoms with Crippen molar-refractivity contribution in [3.8, 4) is 0 Å². The Morgan fingerprint density at radius 2 is 2.50 bits per heavy atom. The number of aliphatic imine (C=N–C) groups is 1. The van der Waals surface area contributed by atoms with Gasteiger partial charge in [-0.2, -0.15) is 5.10 Å². The number of nitrogens with two attached hydrogens (primary N) is 1. The standard InChI is InChI=1S/C8H14N4/c1-7-5-11-12(6-7)4-3-10-8(2)9/h5-6H,3-4H2,1-2H3,(H2,9,10). The molecule has 12 heavy (non-hydrogen) atoms. The molecule has 0 atom stereocenters. The largest absolute Gasteiger partial charge is 0.388 e. The molecule has 0 saturated heterocycles. The summed E-state index contributed by atoms with van der Waals surface area (Å²) >= 11 is 0. The Morgan fingerprint density at radius 3 is 3.00 bits per heavy atom. The quantitative estimate of drug-likeness (QED) is 0.527. The van der Waals surface area contributed by atoms with Crippen molar-refractivity contribution >= 4 is 5.84 Å². The van der Waals surface area contributed by atoms with Crippen molar-refractivity contribution in [2.45, 2.75) is 20.4 Å². The lowest BCUT2D eigenvalue weighted by molar-refractivity contribution is 0.625. The van der Waals surface area contributed by atoms with Crippen LogP contribution in [0.3, 0.4) is 0 Å². The van der Waals surface area contributed by atoms with Crippen molar-refractivity contribution in [3.05, 3.63) is 18.0 Å². The Kier molecular flexibility index (Phi) is 2.85. The van der Waals surface area contributed by atoms with E-state index >= 15 is 0 Å². The first-order valence-electron chi connectivity index (χ1n) is 3.94. The van der Waals surface area contributed by atoms with Crippen LogP contribution in [0.4, 0.5) is 0 Å². The molecule has 0 aliphatic rings. The van der Waals surface area contributed by atoms with Crippen LogP contribution in [0, 0.1) is 6.92 Å². The molecule has 0 unspecified atom stereocenters. The summed E-state index contributed by atoms with van der Waals surface area (Å²) in [7, 11) is 0. The number of amidine groups is 1. The van der Waals surface area contributed by atoms with Crippen molar-refractivity contribution in [1.82, 2.24) is 9.78 Å². The Morgan fingerprint density at radius 1 is 1.75 bits per heavy atom. The van der Waals surface area contributed by atoms with Crippen LogP contribution in [-0.4, -0.2) is 22.2 Å². The zero-order valence-electron chi connectivity index (χ0n) is 7.49. The highest BCUT2D eigenvalue weighted by molar-refractivity contribution is 5.77. The molecule has 0 spiro atoms. The zero-order valence-corrected chi connectivity index (χ0v) is 7.49. The maximum Gasteiger partial charge on any atom is 0.0906 e. The van der Waals surface area contributed by atoms with Gasteiger partial charge in [0, 0.05) is 6.20 Å². The molecule has 0 aromatic carbocycles. The van der Waals surface area contributed by atoms with Crippen molar-refractivity contribution in [1.29, 1.82) is 0 Å². The Labute approximate surface area is 72.1 Å². The maximum absolute atomic E-state index is 5.38. The average molecular weight is 166 g/mol. The summed E-state index contributed by atoms with van der Waals surface area (Å²) in [6, 6.07) is 0. The van der Waals surface area contributed by atoms with Gasteiger partial charge in [-0.1, -0.05) is 0 Å². The summed E-state index contributed by atoms with van der Waals surface area (Å²) in [6.07, 6.45) is 3.82. The van der Waals surface area contributed by atoms with Crippen molar-refractivity contribution in [2.75, 3.05) is 6.54 Å². The third-order valence-corrected chi connectivity index (χ3v) is 1.45. The summed E-state index contributed by atoms with van der Waals surface area (Å²) in [5, 5.41) is 4.12. The summed E-state index contributed by atoms with van der Waals surface area (Å²) in [6.45, 7) is 5.29. The normalized spacial score (nSPS) is 12.0. The van der Waals surface area contributed by atoms with Gasteiger partial charge in [0.1, 0.15) is 0 Å². The third kappa shape index (κ3) is 2.74. The Balaban J connectivity index is 2.38. The van der Waals surface area contributed by atoms with Gasteiger partial charge in [0.15, 0.2) is 0 Å². The molecule has 2 N–H and O–H groups in total.